The molecule has 0 saturated heterocycles. The molecule has 1 aromatic carbocycles. The van der Waals surface area contributed by atoms with E-state index in [-0.39, 0.29) is 17.9 Å². The van der Waals surface area contributed by atoms with Gasteiger partial charge in [-0.25, -0.2) is 9.78 Å². The number of aromatic nitrogens is 1. The molecular weight excluding hydrogens is 266 g/mol. The Morgan fingerprint density at radius 2 is 2.26 bits per heavy atom. The maximum absolute atomic E-state index is 11.2. The summed E-state index contributed by atoms with van der Waals surface area (Å²) in [5.41, 5.74) is 0.0839. The second kappa shape index (κ2) is 5.71. The van der Waals surface area contributed by atoms with Crippen LogP contribution in [0, 0.1) is 6.92 Å². The third-order valence-corrected chi connectivity index (χ3v) is 3.34. The first-order valence-corrected chi connectivity index (χ1v) is 6.38. The summed E-state index contributed by atoms with van der Waals surface area (Å²) in [6, 6.07) is 4.77. The van der Waals surface area contributed by atoms with E-state index < -0.39 is 5.97 Å². The number of carboxylic acid groups (broad SMARTS) is 1. The number of hydrogen-bond acceptors (Lipinski definition) is 5. The average Bonchev–Trinajstić information content (AvgIpc) is 2.81. The van der Waals surface area contributed by atoms with Crippen LogP contribution in [0.3, 0.4) is 0 Å². The average molecular weight is 279 g/mol. The van der Waals surface area contributed by atoms with Crippen LogP contribution in [0.1, 0.15) is 20.2 Å². The van der Waals surface area contributed by atoms with Crippen LogP contribution in [0.25, 0.3) is 0 Å². The van der Waals surface area contributed by atoms with E-state index in [2.05, 4.69) is 4.98 Å². The summed E-state index contributed by atoms with van der Waals surface area (Å²) >= 11 is 1.51. The first-order valence-electron chi connectivity index (χ1n) is 5.56. The SMILES string of the molecule is COc1cccc(C(=O)O)c1OCc1cnc(C)s1. The molecule has 0 bridgehead atoms. The summed E-state index contributed by atoms with van der Waals surface area (Å²) in [5, 5.41) is 10.1. The van der Waals surface area contributed by atoms with E-state index in [9.17, 15) is 4.79 Å². The van der Waals surface area contributed by atoms with Crippen LogP contribution in [-0.2, 0) is 6.61 Å². The summed E-state index contributed by atoms with van der Waals surface area (Å²) in [7, 11) is 1.48. The third kappa shape index (κ3) is 3.03. The molecule has 0 amide bonds. The standard InChI is InChI=1S/C13H13NO4S/c1-8-14-6-9(19-8)7-18-12-10(13(15)16)4-3-5-11(12)17-2/h3-6H,7H2,1-2H3,(H,15,16). The first kappa shape index (κ1) is 13.4. The highest BCUT2D eigenvalue weighted by atomic mass is 32.1. The quantitative estimate of drug-likeness (QED) is 0.911. The van der Waals surface area contributed by atoms with Crippen molar-refractivity contribution in [3.63, 3.8) is 0 Å². The molecule has 1 N–H and O–H groups in total. The molecule has 0 aliphatic carbocycles. The minimum Gasteiger partial charge on any atom is -0.493 e. The Kier molecular flexibility index (Phi) is 4.01. The minimum atomic E-state index is -1.05. The van der Waals surface area contributed by atoms with E-state index in [1.165, 1.54) is 24.5 Å². The highest BCUT2D eigenvalue weighted by molar-refractivity contribution is 7.11. The molecule has 100 valence electrons. The minimum absolute atomic E-state index is 0.0839. The summed E-state index contributed by atoms with van der Waals surface area (Å²) < 4.78 is 10.7. The van der Waals surface area contributed by atoms with E-state index in [4.69, 9.17) is 14.6 Å². The van der Waals surface area contributed by atoms with Gasteiger partial charge in [-0.15, -0.1) is 11.3 Å². The molecule has 0 spiro atoms. The van der Waals surface area contributed by atoms with Gasteiger partial charge in [-0.3, -0.25) is 0 Å². The van der Waals surface area contributed by atoms with Gasteiger partial charge in [-0.1, -0.05) is 6.07 Å². The van der Waals surface area contributed by atoms with Gasteiger partial charge in [-0.2, -0.15) is 0 Å². The van der Waals surface area contributed by atoms with Crippen LogP contribution in [0.4, 0.5) is 0 Å². The van der Waals surface area contributed by atoms with Crippen molar-refractivity contribution in [1.82, 2.24) is 4.98 Å². The number of aromatic carboxylic acids is 1. The molecule has 1 aromatic heterocycles. The topological polar surface area (TPSA) is 68.7 Å². The van der Waals surface area contributed by atoms with E-state index in [1.54, 1.807) is 18.3 Å². The molecule has 0 radical (unpaired) electrons. The Balaban J connectivity index is 2.25. The van der Waals surface area contributed by atoms with Gasteiger partial charge in [0.2, 0.25) is 0 Å². The van der Waals surface area contributed by atoms with Crippen LogP contribution in [0.15, 0.2) is 24.4 Å². The van der Waals surface area contributed by atoms with Crippen LogP contribution >= 0.6 is 11.3 Å². The number of para-hydroxylation sites is 1. The predicted octanol–water partition coefficient (Wildman–Crippen LogP) is 2.74. The van der Waals surface area contributed by atoms with Gasteiger partial charge in [0.05, 0.1) is 17.0 Å². The fourth-order valence-corrected chi connectivity index (χ4v) is 2.32. The Bertz CT molecular complexity index is 594. The van der Waals surface area contributed by atoms with E-state index in [0.29, 0.717) is 5.75 Å². The molecule has 2 aromatic rings. The zero-order chi connectivity index (χ0) is 13.8. The third-order valence-electron chi connectivity index (χ3n) is 2.46. The van der Waals surface area contributed by atoms with Gasteiger partial charge < -0.3 is 14.6 Å². The molecule has 0 atom stereocenters. The Morgan fingerprint density at radius 1 is 1.47 bits per heavy atom. The molecule has 19 heavy (non-hydrogen) atoms. The summed E-state index contributed by atoms with van der Waals surface area (Å²) in [6.07, 6.45) is 1.72. The number of benzene rings is 1. The Morgan fingerprint density at radius 3 is 2.84 bits per heavy atom. The van der Waals surface area contributed by atoms with E-state index in [1.807, 2.05) is 6.92 Å². The van der Waals surface area contributed by atoms with Crippen molar-refractivity contribution in [2.75, 3.05) is 7.11 Å². The van der Waals surface area contributed by atoms with Crippen LogP contribution in [0.2, 0.25) is 0 Å². The number of carboxylic acids is 1. The molecule has 0 fully saturated rings. The zero-order valence-corrected chi connectivity index (χ0v) is 11.4. The lowest BCUT2D eigenvalue weighted by atomic mass is 10.2. The molecule has 2 rings (SSSR count). The lowest BCUT2D eigenvalue weighted by Gasteiger charge is -2.12. The molecule has 6 heteroatoms. The normalized spacial score (nSPS) is 10.2. The van der Waals surface area contributed by atoms with Crippen molar-refractivity contribution in [3.05, 3.63) is 39.8 Å². The summed E-state index contributed by atoms with van der Waals surface area (Å²) in [6.45, 7) is 2.17. The summed E-state index contributed by atoms with van der Waals surface area (Å²) in [5.74, 6) is -0.404. The number of nitrogens with zero attached hydrogens (tertiary/aromatic N) is 1. The van der Waals surface area contributed by atoms with Gasteiger partial charge in [0.1, 0.15) is 12.2 Å². The number of hydrogen-bond donors (Lipinski definition) is 1. The van der Waals surface area contributed by atoms with Crippen LogP contribution in [0.5, 0.6) is 11.5 Å². The molecule has 0 unspecified atom stereocenters. The molecule has 0 saturated carbocycles. The molecule has 0 aliphatic heterocycles. The number of rotatable bonds is 5. The molecule has 1 heterocycles. The van der Waals surface area contributed by atoms with Gasteiger partial charge in [0.15, 0.2) is 11.5 Å². The lowest BCUT2D eigenvalue weighted by molar-refractivity contribution is 0.0691. The monoisotopic (exact) mass is 279 g/mol. The van der Waals surface area contributed by atoms with E-state index >= 15 is 0 Å². The van der Waals surface area contributed by atoms with E-state index in [0.717, 1.165) is 9.88 Å². The van der Waals surface area contributed by atoms with Crippen LogP contribution < -0.4 is 9.47 Å². The van der Waals surface area contributed by atoms with Crippen molar-refractivity contribution < 1.29 is 19.4 Å². The first-order chi connectivity index (χ1) is 9.11. The van der Waals surface area contributed by atoms with Crippen LogP contribution in [-0.4, -0.2) is 23.2 Å². The second-order valence-corrected chi connectivity index (χ2v) is 5.10. The smallest absolute Gasteiger partial charge is 0.339 e. The molecule has 5 nitrogen and oxygen atoms in total. The van der Waals surface area contributed by atoms with Gasteiger partial charge in [-0.05, 0) is 19.1 Å². The maximum atomic E-state index is 11.2. The Hall–Kier alpha value is -2.08. The fraction of sp³-hybridized carbons (Fsp3) is 0.231. The van der Waals surface area contributed by atoms with Crippen molar-refractivity contribution >= 4 is 17.3 Å². The number of thiazole rings is 1. The lowest BCUT2D eigenvalue weighted by Crippen LogP contribution is -2.04. The van der Waals surface area contributed by atoms with Crippen molar-refractivity contribution in [2.45, 2.75) is 13.5 Å². The second-order valence-electron chi connectivity index (χ2n) is 3.78. The molecule has 0 aliphatic rings. The number of methoxy groups -OCH3 is 1. The number of ether oxygens (including phenoxy) is 2. The highest BCUT2D eigenvalue weighted by Crippen LogP contribution is 2.32. The van der Waals surface area contributed by atoms with Gasteiger partial charge in [0.25, 0.3) is 0 Å². The zero-order valence-electron chi connectivity index (χ0n) is 10.5. The van der Waals surface area contributed by atoms with Crippen molar-refractivity contribution in [1.29, 1.82) is 0 Å². The summed E-state index contributed by atoms with van der Waals surface area (Å²) in [4.78, 5) is 16.2. The maximum Gasteiger partial charge on any atom is 0.339 e. The molecular formula is C13H13NO4S. The Labute approximate surface area is 114 Å². The van der Waals surface area contributed by atoms with Gasteiger partial charge >= 0.3 is 5.97 Å². The van der Waals surface area contributed by atoms with Crippen molar-refractivity contribution in [2.24, 2.45) is 0 Å². The number of aryl methyl sites for hydroxylation is 1. The predicted molar refractivity (Wildman–Crippen MR) is 71.1 cm³/mol. The number of carbonyl (C=O) groups is 1. The fourth-order valence-electron chi connectivity index (χ4n) is 1.61. The van der Waals surface area contributed by atoms with Crippen molar-refractivity contribution in [3.8, 4) is 11.5 Å². The van der Waals surface area contributed by atoms with Gasteiger partial charge in [0, 0.05) is 6.20 Å². The largest absolute Gasteiger partial charge is 0.493 e. The highest BCUT2D eigenvalue weighted by Gasteiger charge is 2.16.